The summed E-state index contributed by atoms with van der Waals surface area (Å²) in [4.78, 5) is 20.6. The molecule has 0 spiro atoms. The topological polar surface area (TPSA) is 52.1 Å². The molecule has 25 heavy (non-hydrogen) atoms. The number of ether oxygens (including phenoxy) is 1. The number of aromatic nitrogens is 2. The van der Waals surface area contributed by atoms with E-state index in [2.05, 4.69) is 30.7 Å². The van der Waals surface area contributed by atoms with Crippen molar-refractivity contribution in [3.05, 3.63) is 47.8 Å². The predicted molar refractivity (Wildman–Crippen MR) is 100 cm³/mol. The Bertz CT molecular complexity index is 651. The van der Waals surface area contributed by atoms with Gasteiger partial charge in [-0.25, -0.2) is 9.97 Å². The van der Waals surface area contributed by atoms with Gasteiger partial charge < -0.3 is 4.74 Å². The lowest BCUT2D eigenvalue weighted by Crippen LogP contribution is -2.11. The van der Waals surface area contributed by atoms with Crippen molar-refractivity contribution in [3.8, 4) is 11.4 Å². The predicted octanol–water partition coefficient (Wildman–Crippen LogP) is 4.62. The van der Waals surface area contributed by atoms with Crippen LogP contribution in [-0.2, 0) is 22.4 Å². The lowest BCUT2D eigenvalue weighted by Gasteiger charge is -2.09. The van der Waals surface area contributed by atoms with Gasteiger partial charge in [-0.15, -0.1) is 0 Å². The summed E-state index contributed by atoms with van der Waals surface area (Å²) < 4.78 is 5.28. The first-order valence-corrected chi connectivity index (χ1v) is 9.18. The Kier molecular flexibility index (Phi) is 7.58. The van der Waals surface area contributed by atoms with Gasteiger partial charge in [0.25, 0.3) is 0 Å². The fourth-order valence-corrected chi connectivity index (χ4v) is 2.41. The summed E-state index contributed by atoms with van der Waals surface area (Å²) in [5.74, 6) is 1.03. The summed E-state index contributed by atoms with van der Waals surface area (Å²) in [7, 11) is 0. The number of aryl methyl sites for hydroxylation is 2. The number of hydrogen-bond acceptors (Lipinski definition) is 4. The van der Waals surface area contributed by atoms with Crippen LogP contribution in [0.3, 0.4) is 0 Å². The number of carbonyl (C=O) groups excluding carboxylic acids is 1. The largest absolute Gasteiger partial charge is 0.465 e. The number of carbonyl (C=O) groups is 1. The molecule has 2 aromatic rings. The van der Waals surface area contributed by atoms with Crippen molar-refractivity contribution >= 4 is 5.97 Å². The van der Waals surface area contributed by atoms with Crippen LogP contribution in [0.1, 0.15) is 51.2 Å². The van der Waals surface area contributed by atoms with Crippen LogP contribution in [0, 0.1) is 5.92 Å². The minimum atomic E-state index is -0.126. The van der Waals surface area contributed by atoms with E-state index in [0.29, 0.717) is 25.4 Å². The molecular formula is C21H28N2O2. The van der Waals surface area contributed by atoms with Crippen molar-refractivity contribution in [1.82, 2.24) is 9.97 Å². The standard InChI is InChI=1S/C21H28N2O2/c1-4-6-18-13-22-21(23-14-18)19-10-7-17(8-11-19)9-12-20(24)25-15-16(3)5-2/h7-8,10-11,13-14,16H,4-6,9,12,15H2,1-3H3/t16-/m1/s1. The van der Waals surface area contributed by atoms with Crippen LogP contribution in [-0.4, -0.2) is 22.5 Å². The number of rotatable bonds is 9. The number of nitrogens with zero attached hydrogens (tertiary/aromatic N) is 2. The fraction of sp³-hybridized carbons (Fsp3) is 0.476. The SMILES string of the molecule is CCCc1cnc(-c2ccc(CCC(=O)OC[C@H](C)CC)cc2)nc1. The molecule has 0 saturated carbocycles. The third-order valence-electron chi connectivity index (χ3n) is 4.30. The molecule has 0 aliphatic carbocycles. The first-order valence-electron chi connectivity index (χ1n) is 9.18. The summed E-state index contributed by atoms with van der Waals surface area (Å²) in [6.07, 6.45) is 8.02. The van der Waals surface area contributed by atoms with Crippen LogP contribution in [0.4, 0.5) is 0 Å². The maximum atomic E-state index is 11.8. The first kappa shape index (κ1) is 19.1. The molecule has 0 unspecified atom stereocenters. The molecule has 1 atom stereocenters. The molecule has 0 fully saturated rings. The smallest absolute Gasteiger partial charge is 0.306 e. The summed E-state index contributed by atoms with van der Waals surface area (Å²) in [6.45, 7) is 6.84. The van der Waals surface area contributed by atoms with Gasteiger partial charge >= 0.3 is 5.97 Å². The van der Waals surface area contributed by atoms with Gasteiger partial charge in [-0.05, 0) is 29.9 Å². The van der Waals surface area contributed by atoms with Crippen molar-refractivity contribution in [3.63, 3.8) is 0 Å². The van der Waals surface area contributed by atoms with Crippen LogP contribution in [0.15, 0.2) is 36.7 Å². The molecule has 4 heteroatoms. The molecule has 1 aromatic carbocycles. The monoisotopic (exact) mass is 340 g/mol. The van der Waals surface area contributed by atoms with E-state index < -0.39 is 0 Å². The molecule has 4 nitrogen and oxygen atoms in total. The van der Waals surface area contributed by atoms with E-state index in [4.69, 9.17) is 4.74 Å². The minimum absolute atomic E-state index is 0.126. The number of hydrogen-bond donors (Lipinski definition) is 0. The Labute approximate surface area is 150 Å². The second-order valence-electron chi connectivity index (χ2n) is 6.56. The normalized spacial score (nSPS) is 12.0. The first-order chi connectivity index (χ1) is 12.1. The minimum Gasteiger partial charge on any atom is -0.465 e. The van der Waals surface area contributed by atoms with Crippen LogP contribution < -0.4 is 0 Å². The quantitative estimate of drug-likeness (QED) is 0.625. The third-order valence-corrected chi connectivity index (χ3v) is 4.30. The van der Waals surface area contributed by atoms with Gasteiger partial charge in [0.2, 0.25) is 0 Å². The lowest BCUT2D eigenvalue weighted by molar-refractivity contribution is -0.144. The molecule has 0 amide bonds. The molecule has 0 N–H and O–H groups in total. The van der Waals surface area contributed by atoms with E-state index in [0.717, 1.165) is 36.2 Å². The maximum Gasteiger partial charge on any atom is 0.306 e. The van der Waals surface area contributed by atoms with Crippen molar-refractivity contribution in [1.29, 1.82) is 0 Å². The Hall–Kier alpha value is -2.23. The molecule has 0 bridgehead atoms. The Morgan fingerprint density at radius 2 is 1.72 bits per heavy atom. The van der Waals surface area contributed by atoms with E-state index in [1.54, 1.807) is 0 Å². The van der Waals surface area contributed by atoms with Crippen LogP contribution >= 0.6 is 0 Å². The summed E-state index contributed by atoms with van der Waals surface area (Å²) in [5, 5.41) is 0. The summed E-state index contributed by atoms with van der Waals surface area (Å²) in [5.41, 5.74) is 3.27. The van der Waals surface area contributed by atoms with Crippen molar-refractivity contribution < 1.29 is 9.53 Å². The Balaban J connectivity index is 1.86. The van der Waals surface area contributed by atoms with Gasteiger partial charge in [0.05, 0.1) is 6.61 Å². The molecule has 0 aliphatic rings. The highest BCUT2D eigenvalue weighted by atomic mass is 16.5. The van der Waals surface area contributed by atoms with E-state index >= 15 is 0 Å². The second-order valence-corrected chi connectivity index (χ2v) is 6.56. The summed E-state index contributed by atoms with van der Waals surface area (Å²) >= 11 is 0. The number of benzene rings is 1. The zero-order valence-electron chi connectivity index (χ0n) is 15.5. The van der Waals surface area contributed by atoms with Gasteiger partial charge in [-0.1, -0.05) is 57.9 Å². The van der Waals surface area contributed by atoms with Crippen LogP contribution in [0.5, 0.6) is 0 Å². The summed E-state index contributed by atoms with van der Waals surface area (Å²) in [6, 6.07) is 8.07. The van der Waals surface area contributed by atoms with Gasteiger partial charge in [0, 0.05) is 24.4 Å². The van der Waals surface area contributed by atoms with E-state index in [-0.39, 0.29) is 5.97 Å². The van der Waals surface area contributed by atoms with E-state index in [1.807, 2.05) is 36.7 Å². The molecule has 1 heterocycles. The molecular weight excluding hydrogens is 312 g/mol. The molecule has 0 saturated heterocycles. The Morgan fingerprint density at radius 3 is 2.32 bits per heavy atom. The fourth-order valence-electron chi connectivity index (χ4n) is 2.41. The molecule has 0 radical (unpaired) electrons. The molecule has 0 aliphatic heterocycles. The zero-order valence-corrected chi connectivity index (χ0v) is 15.5. The van der Waals surface area contributed by atoms with Crippen LogP contribution in [0.25, 0.3) is 11.4 Å². The highest BCUT2D eigenvalue weighted by molar-refractivity contribution is 5.69. The van der Waals surface area contributed by atoms with Crippen LogP contribution in [0.2, 0.25) is 0 Å². The average Bonchev–Trinajstić information content (AvgIpc) is 2.65. The zero-order chi connectivity index (χ0) is 18.1. The van der Waals surface area contributed by atoms with E-state index in [9.17, 15) is 4.79 Å². The van der Waals surface area contributed by atoms with Gasteiger partial charge in [-0.2, -0.15) is 0 Å². The Morgan fingerprint density at radius 1 is 1.04 bits per heavy atom. The van der Waals surface area contributed by atoms with Crippen molar-refractivity contribution in [2.45, 2.75) is 52.9 Å². The maximum absolute atomic E-state index is 11.8. The van der Waals surface area contributed by atoms with E-state index in [1.165, 1.54) is 5.56 Å². The average molecular weight is 340 g/mol. The van der Waals surface area contributed by atoms with Gasteiger partial charge in [0.1, 0.15) is 0 Å². The molecule has 1 aromatic heterocycles. The second kappa shape index (κ2) is 9.92. The van der Waals surface area contributed by atoms with Gasteiger partial charge in [-0.3, -0.25) is 4.79 Å². The van der Waals surface area contributed by atoms with Crippen molar-refractivity contribution in [2.24, 2.45) is 5.92 Å². The van der Waals surface area contributed by atoms with Crippen molar-refractivity contribution in [2.75, 3.05) is 6.61 Å². The lowest BCUT2D eigenvalue weighted by atomic mass is 10.1. The van der Waals surface area contributed by atoms with Gasteiger partial charge in [0.15, 0.2) is 5.82 Å². The highest BCUT2D eigenvalue weighted by Gasteiger charge is 2.07. The molecule has 134 valence electrons. The molecule has 2 rings (SSSR count). The highest BCUT2D eigenvalue weighted by Crippen LogP contribution is 2.16. The third kappa shape index (κ3) is 6.29. The number of esters is 1.